The van der Waals surface area contributed by atoms with Crippen LogP contribution in [0.1, 0.15) is 12.0 Å². The molecular weight excluding hydrogens is 199 g/mol. The largest absolute Gasteiger partial charge is 0.131 e. The molecule has 1 rings (SSSR count). The van der Waals surface area contributed by atoms with Crippen molar-refractivity contribution >= 4 is 40.6 Å². The Bertz CT molecular complexity index is 240. The maximum atomic E-state index is 5.85. The van der Waals surface area contributed by atoms with E-state index in [1.807, 2.05) is 23.6 Å². The molecule has 3 heteroatoms. The van der Waals surface area contributed by atoms with Gasteiger partial charge in [-0.1, -0.05) is 23.8 Å². The number of thiophene rings is 1. The lowest BCUT2D eigenvalue weighted by atomic mass is 10.3. The first-order chi connectivity index (χ1) is 5.34. The van der Waals surface area contributed by atoms with Gasteiger partial charge in [-0.05, 0) is 17.9 Å². The van der Waals surface area contributed by atoms with E-state index in [4.69, 9.17) is 23.2 Å². The maximum Gasteiger partial charge on any atom is 0.100 e. The first-order valence-corrected chi connectivity index (χ1v) is 5.09. The highest BCUT2D eigenvalue weighted by molar-refractivity contribution is 7.14. The Morgan fingerprint density at radius 2 is 2.36 bits per heavy atom. The van der Waals surface area contributed by atoms with Crippen molar-refractivity contribution in [3.63, 3.8) is 0 Å². The zero-order chi connectivity index (χ0) is 8.10. The molecule has 0 fully saturated rings. The van der Waals surface area contributed by atoms with Crippen molar-refractivity contribution in [3.8, 4) is 0 Å². The third-order valence-corrected chi connectivity index (χ3v) is 2.64. The quantitative estimate of drug-likeness (QED) is 0.656. The monoisotopic (exact) mass is 206 g/mol. The predicted molar refractivity (Wildman–Crippen MR) is 53.7 cm³/mol. The molecule has 0 aliphatic heterocycles. The van der Waals surface area contributed by atoms with Crippen LogP contribution < -0.4 is 0 Å². The van der Waals surface area contributed by atoms with Crippen LogP contribution in [0.4, 0.5) is 0 Å². The fraction of sp³-hybridized carbons (Fsp3) is 0.250. The highest BCUT2D eigenvalue weighted by atomic mass is 35.5. The Balaban J connectivity index is 2.56. The summed E-state index contributed by atoms with van der Waals surface area (Å²) in [5.41, 5.74) is 1.08. The summed E-state index contributed by atoms with van der Waals surface area (Å²) in [5, 5.41) is 1.97. The van der Waals surface area contributed by atoms with Crippen LogP contribution in [0.3, 0.4) is 0 Å². The first kappa shape index (κ1) is 9.11. The Morgan fingerprint density at radius 3 is 2.91 bits per heavy atom. The molecule has 0 nitrogen and oxygen atoms in total. The van der Waals surface area contributed by atoms with Crippen molar-refractivity contribution in [1.82, 2.24) is 0 Å². The van der Waals surface area contributed by atoms with Crippen molar-refractivity contribution in [2.75, 3.05) is 5.88 Å². The maximum absolute atomic E-state index is 5.85. The molecule has 0 spiro atoms. The number of halogens is 2. The van der Waals surface area contributed by atoms with Gasteiger partial charge in [0.05, 0.1) is 0 Å². The van der Waals surface area contributed by atoms with Crippen molar-refractivity contribution in [2.24, 2.45) is 0 Å². The molecule has 0 amide bonds. The Morgan fingerprint density at radius 1 is 1.55 bits per heavy atom. The molecule has 0 aliphatic rings. The number of rotatable bonds is 3. The second-order valence-electron chi connectivity index (χ2n) is 2.03. The second-order valence-corrected chi connectivity index (χ2v) is 3.93. The van der Waals surface area contributed by atoms with Gasteiger partial charge in [-0.3, -0.25) is 0 Å². The molecular formula is C8H8Cl2S. The molecule has 0 aromatic carbocycles. The number of allylic oxidation sites excluding steroid dienone is 1. The van der Waals surface area contributed by atoms with Gasteiger partial charge >= 0.3 is 0 Å². The van der Waals surface area contributed by atoms with E-state index in [2.05, 4.69) is 0 Å². The zero-order valence-electron chi connectivity index (χ0n) is 5.89. The van der Waals surface area contributed by atoms with Crippen molar-refractivity contribution < 1.29 is 0 Å². The minimum atomic E-state index is 0.665. The molecule has 0 saturated heterocycles. The summed E-state index contributed by atoms with van der Waals surface area (Å²) < 4.78 is 0.843. The molecule has 11 heavy (non-hydrogen) atoms. The van der Waals surface area contributed by atoms with E-state index in [0.717, 1.165) is 16.3 Å². The van der Waals surface area contributed by atoms with E-state index in [0.29, 0.717) is 5.88 Å². The third-order valence-electron chi connectivity index (χ3n) is 1.22. The molecule has 0 unspecified atom stereocenters. The fourth-order valence-corrected chi connectivity index (χ4v) is 1.71. The molecule has 0 atom stereocenters. The van der Waals surface area contributed by atoms with Gasteiger partial charge in [-0.2, -0.15) is 0 Å². The Labute approximate surface area is 80.4 Å². The van der Waals surface area contributed by atoms with E-state index < -0.39 is 0 Å². The molecule has 0 radical (unpaired) electrons. The smallest absolute Gasteiger partial charge is 0.100 e. The van der Waals surface area contributed by atoms with E-state index in [-0.39, 0.29) is 0 Å². The van der Waals surface area contributed by atoms with Gasteiger partial charge in [0, 0.05) is 11.4 Å². The molecule has 0 N–H and O–H groups in total. The summed E-state index contributed by atoms with van der Waals surface area (Å²) in [6.07, 6.45) is 4.93. The summed E-state index contributed by atoms with van der Waals surface area (Å²) in [5.74, 6) is 0.665. The molecule has 1 aromatic heterocycles. The number of alkyl halides is 1. The third kappa shape index (κ3) is 2.86. The van der Waals surface area contributed by atoms with Crippen LogP contribution in [0.25, 0.3) is 6.08 Å². The average Bonchev–Trinajstić information content (AvgIpc) is 2.37. The van der Waals surface area contributed by atoms with Gasteiger partial charge in [-0.25, -0.2) is 0 Å². The van der Waals surface area contributed by atoms with Gasteiger partial charge in [-0.15, -0.1) is 22.9 Å². The molecule has 0 saturated carbocycles. The topological polar surface area (TPSA) is 0 Å². The summed E-state index contributed by atoms with van der Waals surface area (Å²) in [6.45, 7) is 0. The molecule has 0 bridgehead atoms. The van der Waals surface area contributed by atoms with Crippen LogP contribution >= 0.6 is 34.5 Å². The molecule has 0 aliphatic carbocycles. The minimum Gasteiger partial charge on any atom is -0.131 e. The van der Waals surface area contributed by atoms with E-state index in [1.165, 1.54) is 0 Å². The van der Waals surface area contributed by atoms with Crippen molar-refractivity contribution in [2.45, 2.75) is 6.42 Å². The molecule has 60 valence electrons. The second kappa shape index (κ2) is 4.81. The first-order valence-electron chi connectivity index (χ1n) is 3.30. The normalized spacial score (nSPS) is 11.1. The van der Waals surface area contributed by atoms with Crippen LogP contribution in [0.15, 0.2) is 17.5 Å². The zero-order valence-corrected chi connectivity index (χ0v) is 8.22. The highest BCUT2D eigenvalue weighted by Gasteiger charge is 1.94. The lowest BCUT2D eigenvalue weighted by Crippen LogP contribution is -1.67. The summed E-state index contributed by atoms with van der Waals surface area (Å²) in [4.78, 5) is 0. The van der Waals surface area contributed by atoms with Crippen LogP contribution in [-0.2, 0) is 0 Å². The number of hydrogen-bond acceptors (Lipinski definition) is 1. The average molecular weight is 207 g/mol. The SMILES string of the molecule is ClCCC=Cc1ccsc1Cl. The lowest BCUT2D eigenvalue weighted by molar-refractivity contribution is 1.24. The highest BCUT2D eigenvalue weighted by Crippen LogP contribution is 2.23. The summed E-state index contributed by atoms with van der Waals surface area (Å²) in [7, 11) is 0. The van der Waals surface area contributed by atoms with Crippen LogP contribution in [-0.4, -0.2) is 5.88 Å². The van der Waals surface area contributed by atoms with Gasteiger partial charge in [0.1, 0.15) is 4.34 Å². The van der Waals surface area contributed by atoms with Gasteiger partial charge < -0.3 is 0 Å². The van der Waals surface area contributed by atoms with Gasteiger partial charge in [0.15, 0.2) is 0 Å². The van der Waals surface area contributed by atoms with E-state index in [1.54, 1.807) is 11.3 Å². The lowest BCUT2D eigenvalue weighted by Gasteiger charge is -1.86. The minimum absolute atomic E-state index is 0.665. The molecule has 1 heterocycles. The van der Waals surface area contributed by atoms with Crippen LogP contribution in [0, 0.1) is 0 Å². The summed E-state index contributed by atoms with van der Waals surface area (Å²) in [6, 6.07) is 2.00. The van der Waals surface area contributed by atoms with Gasteiger partial charge in [0.2, 0.25) is 0 Å². The standard InChI is InChI=1S/C8H8Cl2S/c9-5-2-1-3-7-4-6-11-8(7)10/h1,3-4,6H,2,5H2. The van der Waals surface area contributed by atoms with Gasteiger partial charge in [0.25, 0.3) is 0 Å². The Kier molecular flexibility index (Phi) is 3.98. The Hall–Kier alpha value is 0.0200. The van der Waals surface area contributed by atoms with Crippen molar-refractivity contribution in [1.29, 1.82) is 0 Å². The van der Waals surface area contributed by atoms with E-state index in [9.17, 15) is 0 Å². The van der Waals surface area contributed by atoms with Crippen LogP contribution in [0.5, 0.6) is 0 Å². The van der Waals surface area contributed by atoms with Crippen LogP contribution in [0.2, 0.25) is 4.34 Å². The van der Waals surface area contributed by atoms with Crippen molar-refractivity contribution in [3.05, 3.63) is 27.4 Å². The fourth-order valence-electron chi connectivity index (χ4n) is 0.695. The van der Waals surface area contributed by atoms with E-state index >= 15 is 0 Å². The predicted octanol–water partition coefficient (Wildman–Crippen LogP) is 4.04. The summed E-state index contributed by atoms with van der Waals surface area (Å²) >= 11 is 12.9. The number of hydrogen-bond donors (Lipinski definition) is 0. The molecule has 1 aromatic rings.